The van der Waals surface area contributed by atoms with Crippen molar-refractivity contribution >= 4 is 0 Å². The van der Waals surface area contributed by atoms with E-state index in [0.29, 0.717) is 63.6 Å². The standard InChI is InChI=1S/C23H28O6/c24-19-7-3-1-5-17(19)9-11-21-26-13-23(14-27-21)15-28-22(29-16-23)12-10-18-6-2-4-8-20(18)25/h1-8,21-22,24-25H,9-16H2. The third-order valence-corrected chi connectivity index (χ3v) is 5.58. The lowest BCUT2D eigenvalue weighted by atomic mass is 9.90. The lowest BCUT2D eigenvalue weighted by molar-refractivity contribution is -0.303. The SMILES string of the molecule is Oc1ccccc1CCC1OCC2(CO1)COC(CCc1ccccc1O)OC2. The van der Waals surface area contributed by atoms with Gasteiger partial charge in [-0.2, -0.15) is 0 Å². The second-order valence-electron chi connectivity index (χ2n) is 7.94. The number of aromatic hydroxyl groups is 2. The first-order valence-electron chi connectivity index (χ1n) is 10.1. The maximum Gasteiger partial charge on any atom is 0.157 e. The van der Waals surface area contributed by atoms with Crippen LogP contribution >= 0.6 is 0 Å². The second-order valence-corrected chi connectivity index (χ2v) is 7.94. The zero-order chi connectivity index (χ0) is 20.1. The van der Waals surface area contributed by atoms with Gasteiger partial charge in [-0.25, -0.2) is 0 Å². The maximum absolute atomic E-state index is 9.87. The summed E-state index contributed by atoms with van der Waals surface area (Å²) in [5.41, 5.74) is 1.53. The largest absolute Gasteiger partial charge is 0.508 e. The van der Waals surface area contributed by atoms with Gasteiger partial charge in [0.2, 0.25) is 0 Å². The van der Waals surface area contributed by atoms with Crippen LogP contribution in [0, 0.1) is 5.41 Å². The van der Waals surface area contributed by atoms with Crippen molar-refractivity contribution in [3.05, 3.63) is 59.7 Å². The Balaban J connectivity index is 1.19. The molecular formula is C23H28O6. The van der Waals surface area contributed by atoms with Crippen LogP contribution < -0.4 is 0 Å². The van der Waals surface area contributed by atoms with E-state index in [9.17, 15) is 10.2 Å². The van der Waals surface area contributed by atoms with E-state index in [0.717, 1.165) is 11.1 Å². The minimum atomic E-state index is -0.279. The molecule has 0 radical (unpaired) electrons. The fraction of sp³-hybridized carbons (Fsp3) is 0.478. The molecule has 29 heavy (non-hydrogen) atoms. The average molecular weight is 400 g/mol. The number of hydrogen-bond donors (Lipinski definition) is 2. The van der Waals surface area contributed by atoms with Crippen LogP contribution in [0.5, 0.6) is 11.5 Å². The van der Waals surface area contributed by atoms with Crippen LogP contribution in [0.2, 0.25) is 0 Å². The number of benzene rings is 2. The number of para-hydroxylation sites is 2. The summed E-state index contributed by atoms with van der Waals surface area (Å²) in [5, 5.41) is 19.7. The summed E-state index contributed by atoms with van der Waals surface area (Å²) in [6.45, 7) is 2.13. The van der Waals surface area contributed by atoms with Crippen molar-refractivity contribution in [1.29, 1.82) is 0 Å². The molecule has 2 aliphatic rings. The molecule has 4 rings (SSSR count). The molecule has 0 unspecified atom stereocenters. The molecule has 2 fully saturated rings. The predicted octanol–water partition coefficient (Wildman–Crippen LogP) is 3.40. The van der Waals surface area contributed by atoms with E-state index < -0.39 is 0 Å². The van der Waals surface area contributed by atoms with E-state index in [1.807, 2.05) is 36.4 Å². The fourth-order valence-corrected chi connectivity index (χ4v) is 3.75. The lowest BCUT2D eigenvalue weighted by Gasteiger charge is -2.43. The molecule has 0 amide bonds. The van der Waals surface area contributed by atoms with E-state index >= 15 is 0 Å². The van der Waals surface area contributed by atoms with E-state index in [-0.39, 0.29) is 18.0 Å². The van der Waals surface area contributed by atoms with Crippen molar-refractivity contribution in [2.24, 2.45) is 5.41 Å². The number of hydrogen-bond acceptors (Lipinski definition) is 6. The second kappa shape index (κ2) is 9.13. The van der Waals surface area contributed by atoms with Gasteiger partial charge < -0.3 is 29.2 Å². The first kappa shape index (κ1) is 20.2. The van der Waals surface area contributed by atoms with Crippen molar-refractivity contribution in [3.8, 4) is 11.5 Å². The van der Waals surface area contributed by atoms with Gasteiger partial charge in [-0.1, -0.05) is 36.4 Å². The van der Waals surface area contributed by atoms with E-state index in [1.54, 1.807) is 12.1 Å². The predicted molar refractivity (Wildman–Crippen MR) is 107 cm³/mol. The molecule has 2 N–H and O–H groups in total. The van der Waals surface area contributed by atoms with Crippen LogP contribution in [0.3, 0.4) is 0 Å². The molecule has 0 atom stereocenters. The van der Waals surface area contributed by atoms with Gasteiger partial charge in [-0.15, -0.1) is 0 Å². The van der Waals surface area contributed by atoms with Crippen molar-refractivity contribution < 1.29 is 29.2 Å². The van der Waals surface area contributed by atoms with E-state index in [2.05, 4.69) is 0 Å². The Morgan fingerprint density at radius 2 is 1.03 bits per heavy atom. The van der Waals surface area contributed by atoms with Gasteiger partial charge in [0.1, 0.15) is 11.5 Å². The summed E-state index contributed by atoms with van der Waals surface area (Å²) in [4.78, 5) is 0. The molecule has 6 nitrogen and oxygen atoms in total. The Morgan fingerprint density at radius 3 is 1.41 bits per heavy atom. The fourth-order valence-electron chi connectivity index (χ4n) is 3.75. The van der Waals surface area contributed by atoms with E-state index in [1.165, 1.54) is 0 Å². The summed E-state index contributed by atoms with van der Waals surface area (Å²) in [6, 6.07) is 14.7. The lowest BCUT2D eigenvalue weighted by Crippen LogP contribution is -2.52. The number of phenolic OH excluding ortho intramolecular Hbond substituents is 2. The highest BCUT2D eigenvalue weighted by Gasteiger charge is 2.41. The molecule has 2 aliphatic heterocycles. The molecule has 0 aromatic heterocycles. The molecule has 2 saturated heterocycles. The van der Waals surface area contributed by atoms with Crippen LogP contribution in [-0.2, 0) is 31.8 Å². The molecule has 0 aliphatic carbocycles. The highest BCUT2D eigenvalue weighted by Crippen LogP contribution is 2.32. The zero-order valence-corrected chi connectivity index (χ0v) is 16.5. The number of ether oxygens (including phenoxy) is 4. The molecule has 2 heterocycles. The number of aryl methyl sites for hydroxylation is 2. The third kappa shape index (κ3) is 5.08. The van der Waals surface area contributed by atoms with Crippen molar-refractivity contribution in [3.63, 3.8) is 0 Å². The Kier molecular flexibility index (Phi) is 6.35. The topological polar surface area (TPSA) is 77.4 Å². The van der Waals surface area contributed by atoms with Crippen LogP contribution in [-0.4, -0.2) is 49.2 Å². The summed E-state index contributed by atoms with van der Waals surface area (Å²) in [6.07, 6.45) is 2.23. The van der Waals surface area contributed by atoms with Crippen LogP contribution in [0.4, 0.5) is 0 Å². The van der Waals surface area contributed by atoms with Crippen LogP contribution in [0.15, 0.2) is 48.5 Å². The smallest absolute Gasteiger partial charge is 0.157 e. The zero-order valence-electron chi connectivity index (χ0n) is 16.5. The maximum atomic E-state index is 9.87. The molecule has 2 aromatic carbocycles. The summed E-state index contributed by atoms with van der Waals surface area (Å²) >= 11 is 0. The molecule has 6 heteroatoms. The number of rotatable bonds is 6. The third-order valence-electron chi connectivity index (χ3n) is 5.58. The summed E-state index contributed by atoms with van der Waals surface area (Å²) in [5.74, 6) is 0.618. The van der Waals surface area contributed by atoms with Gasteiger partial charge in [-0.3, -0.25) is 0 Å². The Morgan fingerprint density at radius 1 is 0.655 bits per heavy atom. The molecule has 2 aromatic rings. The Labute approximate surface area is 171 Å². The summed E-state index contributed by atoms with van der Waals surface area (Å²) < 4.78 is 23.7. The van der Waals surface area contributed by atoms with Gasteiger partial charge >= 0.3 is 0 Å². The Bertz CT molecular complexity index is 720. The number of phenols is 2. The molecular weight excluding hydrogens is 372 g/mol. The molecule has 156 valence electrons. The normalized spacial score (nSPS) is 27.2. The molecule has 1 spiro atoms. The van der Waals surface area contributed by atoms with Crippen LogP contribution in [0.25, 0.3) is 0 Å². The first-order chi connectivity index (χ1) is 14.1. The van der Waals surface area contributed by atoms with Crippen molar-refractivity contribution in [2.75, 3.05) is 26.4 Å². The van der Waals surface area contributed by atoms with Gasteiger partial charge in [0.25, 0.3) is 0 Å². The monoisotopic (exact) mass is 400 g/mol. The average Bonchev–Trinajstić information content (AvgIpc) is 2.75. The van der Waals surface area contributed by atoms with Crippen molar-refractivity contribution in [2.45, 2.75) is 38.3 Å². The van der Waals surface area contributed by atoms with Gasteiger partial charge in [-0.05, 0) is 36.1 Å². The first-order valence-corrected chi connectivity index (χ1v) is 10.1. The minimum Gasteiger partial charge on any atom is -0.508 e. The molecule has 0 bridgehead atoms. The highest BCUT2D eigenvalue weighted by atomic mass is 16.7. The van der Waals surface area contributed by atoms with Gasteiger partial charge in [0.05, 0.1) is 31.8 Å². The Hall–Kier alpha value is -2.12. The quantitative estimate of drug-likeness (QED) is 0.774. The van der Waals surface area contributed by atoms with E-state index in [4.69, 9.17) is 18.9 Å². The molecule has 0 saturated carbocycles. The highest BCUT2D eigenvalue weighted by molar-refractivity contribution is 5.32. The minimum absolute atomic E-state index is 0.267. The van der Waals surface area contributed by atoms with Crippen LogP contribution in [0.1, 0.15) is 24.0 Å². The van der Waals surface area contributed by atoms with Crippen molar-refractivity contribution in [1.82, 2.24) is 0 Å². The van der Waals surface area contributed by atoms with Gasteiger partial charge in [0, 0.05) is 12.8 Å². The van der Waals surface area contributed by atoms with Gasteiger partial charge in [0.15, 0.2) is 12.6 Å². The summed E-state index contributed by atoms with van der Waals surface area (Å²) in [7, 11) is 0.